The smallest absolute Gasteiger partial charge is 0.387 e. The molecule has 8 nitrogen and oxygen atoms in total. The van der Waals surface area contributed by atoms with Crippen LogP contribution in [-0.2, 0) is 14.8 Å². The van der Waals surface area contributed by atoms with Gasteiger partial charge in [0.2, 0.25) is 15.9 Å². The molecule has 0 atom stereocenters. The van der Waals surface area contributed by atoms with Crippen LogP contribution in [0, 0.1) is 13.8 Å². The number of anilines is 1. The van der Waals surface area contributed by atoms with Crippen molar-refractivity contribution in [3.05, 3.63) is 34.7 Å². The minimum atomic E-state index is -3.87. The summed E-state index contributed by atoms with van der Waals surface area (Å²) < 4.78 is 60.1. The van der Waals surface area contributed by atoms with Crippen LogP contribution < -0.4 is 14.8 Å². The number of benzene rings is 1. The molecule has 2 aromatic rings. The normalized spacial score (nSPS) is 11.6. The Balaban J connectivity index is 1.90. The highest BCUT2D eigenvalue weighted by atomic mass is 35.5. The lowest BCUT2D eigenvalue weighted by atomic mass is 10.3. The number of sulfonamides is 1. The van der Waals surface area contributed by atoms with Crippen molar-refractivity contribution < 1.29 is 31.3 Å². The molecule has 0 aliphatic rings. The number of alkyl halides is 2. The molecule has 1 heterocycles. The molecule has 148 valence electrons. The lowest BCUT2D eigenvalue weighted by molar-refractivity contribution is -0.116. The predicted molar refractivity (Wildman–Crippen MR) is 92.5 cm³/mol. The molecule has 0 aliphatic carbocycles. The first-order chi connectivity index (χ1) is 12.6. The van der Waals surface area contributed by atoms with Gasteiger partial charge >= 0.3 is 6.61 Å². The lowest BCUT2D eigenvalue weighted by Crippen LogP contribution is -2.28. The molecule has 12 heteroatoms. The Labute approximate surface area is 158 Å². The zero-order chi connectivity index (χ0) is 20.2. The van der Waals surface area contributed by atoms with Crippen molar-refractivity contribution in [1.82, 2.24) is 9.88 Å². The highest BCUT2D eigenvalue weighted by molar-refractivity contribution is 7.89. The van der Waals surface area contributed by atoms with E-state index in [-0.39, 0.29) is 45.8 Å². The Kier molecular flexibility index (Phi) is 6.73. The summed E-state index contributed by atoms with van der Waals surface area (Å²) >= 11 is 5.79. The minimum absolute atomic E-state index is 0.0655. The van der Waals surface area contributed by atoms with Gasteiger partial charge in [-0.1, -0.05) is 16.8 Å². The van der Waals surface area contributed by atoms with E-state index in [2.05, 4.69) is 19.9 Å². The molecular formula is C15H16ClF2N3O5S. The summed E-state index contributed by atoms with van der Waals surface area (Å²) in [4.78, 5) is 11.9. The second kappa shape index (κ2) is 8.63. The van der Waals surface area contributed by atoms with E-state index in [1.54, 1.807) is 0 Å². The number of hydrogen-bond donors (Lipinski definition) is 2. The van der Waals surface area contributed by atoms with Crippen molar-refractivity contribution in [1.29, 1.82) is 0 Å². The van der Waals surface area contributed by atoms with Gasteiger partial charge in [0.25, 0.3) is 0 Å². The molecule has 0 bridgehead atoms. The number of halogens is 3. The first-order valence-electron chi connectivity index (χ1n) is 7.57. The molecule has 0 fully saturated rings. The van der Waals surface area contributed by atoms with Gasteiger partial charge in [-0.2, -0.15) is 8.78 Å². The van der Waals surface area contributed by atoms with Crippen LogP contribution in [0.4, 0.5) is 14.5 Å². The predicted octanol–water partition coefficient (Wildman–Crippen LogP) is 2.85. The molecule has 0 spiro atoms. The minimum Gasteiger partial charge on any atom is -0.433 e. The van der Waals surface area contributed by atoms with Gasteiger partial charge < -0.3 is 14.6 Å². The molecule has 0 saturated carbocycles. The summed E-state index contributed by atoms with van der Waals surface area (Å²) in [6.45, 7) is -0.234. The first-order valence-corrected chi connectivity index (χ1v) is 9.43. The average molecular weight is 424 g/mol. The Morgan fingerprint density at radius 1 is 1.37 bits per heavy atom. The van der Waals surface area contributed by atoms with Gasteiger partial charge in [-0.15, -0.1) is 0 Å². The van der Waals surface area contributed by atoms with E-state index in [0.29, 0.717) is 0 Å². The number of nitrogens with one attached hydrogen (secondary N) is 2. The maximum Gasteiger partial charge on any atom is 0.387 e. The monoisotopic (exact) mass is 423 g/mol. The van der Waals surface area contributed by atoms with Gasteiger partial charge in [0.15, 0.2) is 5.76 Å². The van der Waals surface area contributed by atoms with Gasteiger partial charge in [0.1, 0.15) is 16.3 Å². The number of ether oxygens (including phenoxy) is 1. The summed E-state index contributed by atoms with van der Waals surface area (Å²) in [5, 5.41) is 5.94. The summed E-state index contributed by atoms with van der Waals surface area (Å²) in [5.41, 5.74) is 0.463. The molecule has 0 aliphatic heterocycles. The summed E-state index contributed by atoms with van der Waals surface area (Å²) in [7, 11) is -3.87. The highest BCUT2D eigenvalue weighted by Crippen LogP contribution is 2.29. The van der Waals surface area contributed by atoms with Crippen LogP contribution in [0.25, 0.3) is 0 Å². The van der Waals surface area contributed by atoms with E-state index in [0.717, 1.165) is 0 Å². The van der Waals surface area contributed by atoms with Gasteiger partial charge in [0, 0.05) is 18.7 Å². The van der Waals surface area contributed by atoms with Crippen molar-refractivity contribution in [2.24, 2.45) is 0 Å². The van der Waals surface area contributed by atoms with Gasteiger partial charge in [-0.05, 0) is 32.0 Å². The quantitative estimate of drug-likeness (QED) is 0.675. The second-order valence-electron chi connectivity index (χ2n) is 5.37. The van der Waals surface area contributed by atoms with Gasteiger partial charge in [0.05, 0.1) is 5.02 Å². The van der Waals surface area contributed by atoms with Crippen LogP contribution in [0.1, 0.15) is 17.9 Å². The third kappa shape index (κ3) is 5.62. The molecule has 1 amide bonds. The fraction of sp³-hybridized carbons (Fsp3) is 0.333. The zero-order valence-corrected chi connectivity index (χ0v) is 15.8. The van der Waals surface area contributed by atoms with Crippen LogP contribution in [0.5, 0.6) is 5.75 Å². The SMILES string of the molecule is Cc1noc(C)c1S(=O)(=O)NCCC(=O)Nc1ccc(OC(F)F)c(Cl)c1. The molecule has 0 saturated heterocycles. The first kappa shape index (κ1) is 21.1. The van der Waals surface area contributed by atoms with Crippen molar-refractivity contribution in [2.45, 2.75) is 31.8 Å². The number of carbonyl (C=O) groups is 1. The fourth-order valence-electron chi connectivity index (χ4n) is 2.22. The van der Waals surface area contributed by atoms with E-state index < -0.39 is 22.5 Å². The molecule has 1 aromatic heterocycles. The van der Waals surface area contributed by atoms with Crippen LogP contribution >= 0.6 is 11.6 Å². The molecule has 0 unspecified atom stereocenters. The van der Waals surface area contributed by atoms with Gasteiger partial charge in [-0.3, -0.25) is 4.79 Å². The van der Waals surface area contributed by atoms with E-state index >= 15 is 0 Å². The van der Waals surface area contributed by atoms with Crippen LogP contribution in [0.3, 0.4) is 0 Å². The Morgan fingerprint density at radius 3 is 2.63 bits per heavy atom. The third-order valence-electron chi connectivity index (χ3n) is 3.31. The molecule has 0 radical (unpaired) electrons. The number of amides is 1. The molecule has 2 N–H and O–H groups in total. The number of carbonyl (C=O) groups excluding carboxylic acids is 1. The maximum absolute atomic E-state index is 12.2. The fourth-order valence-corrected chi connectivity index (χ4v) is 3.81. The van der Waals surface area contributed by atoms with Crippen LogP contribution in [-0.4, -0.2) is 32.6 Å². The Hall–Kier alpha value is -2.24. The largest absolute Gasteiger partial charge is 0.433 e. The molecule has 27 heavy (non-hydrogen) atoms. The Morgan fingerprint density at radius 2 is 2.07 bits per heavy atom. The summed E-state index contributed by atoms with van der Waals surface area (Å²) in [6.07, 6.45) is -0.171. The average Bonchev–Trinajstić information content (AvgIpc) is 2.89. The van der Waals surface area contributed by atoms with Crippen molar-refractivity contribution in [2.75, 3.05) is 11.9 Å². The molecule has 1 aromatic carbocycles. The number of aromatic nitrogens is 1. The molecule has 2 rings (SSSR count). The van der Waals surface area contributed by atoms with E-state index in [1.807, 2.05) is 0 Å². The number of hydrogen-bond acceptors (Lipinski definition) is 6. The maximum atomic E-state index is 12.2. The van der Waals surface area contributed by atoms with Crippen molar-refractivity contribution >= 4 is 33.2 Å². The van der Waals surface area contributed by atoms with E-state index in [4.69, 9.17) is 16.1 Å². The van der Waals surface area contributed by atoms with Crippen molar-refractivity contribution in [3.63, 3.8) is 0 Å². The lowest BCUT2D eigenvalue weighted by Gasteiger charge is -2.10. The highest BCUT2D eigenvalue weighted by Gasteiger charge is 2.23. The number of nitrogens with zero attached hydrogens (tertiary/aromatic N) is 1. The van der Waals surface area contributed by atoms with Gasteiger partial charge in [-0.25, -0.2) is 13.1 Å². The molecular weight excluding hydrogens is 408 g/mol. The van der Waals surface area contributed by atoms with E-state index in [9.17, 15) is 22.0 Å². The summed E-state index contributed by atoms with van der Waals surface area (Å²) in [5.74, 6) is -0.586. The van der Waals surface area contributed by atoms with E-state index in [1.165, 1.54) is 32.0 Å². The van der Waals surface area contributed by atoms with Crippen LogP contribution in [0.15, 0.2) is 27.6 Å². The topological polar surface area (TPSA) is 111 Å². The third-order valence-corrected chi connectivity index (χ3v) is 5.31. The Bertz CT molecular complexity index is 914. The van der Waals surface area contributed by atoms with Crippen molar-refractivity contribution in [3.8, 4) is 5.75 Å². The number of rotatable bonds is 8. The van der Waals surface area contributed by atoms with Crippen LogP contribution in [0.2, 0.25) is 5.02 Å². The zero-order valence-electron chi connectivity index (χ0n) is 14.3. The number of aryl methyl sites for hydroxylation is 2. The standard InChI is InChI=1S/C15H16ClF2N3O5S/c1-8-14(9(2)26-21-8)27(23,24)19-6-5-13(22)20-10-3-4-12(11(16)7-10)25-15(17)18/h3-4,7,15,19H,5-6H2,1-2H3,(H,20,22). The second-order valence-corrected chi connectivity index (χ2v) is 7.48. The summed E-state index contributed by atoms with van der Waals surface area (Å²) in [6, 6.07) is 3.75.